The van der Waals surface area contributed by atoms with E-state index in [1.54, 1.807) is 0 Å². The van der Waals surface area contributed by atoms with Gasteiger partial charge < -0.3 is 4.57 Å². The Hall–Kier alpha value is -8.41. The normalized spacial score (nSPS) is 11.5. The van der Waals surface area contributed by atoms with Crippen LogP contribution in [0.15, 0.2) is 224 Å². The van der Waals surface area contributed by atoms with Gasteiger partial charge >= 0.3 is 0 Å². The van der Waals surface area contributed by atoms with Crippen LogP contribution in [0.3, 0.4) is 0 Å². The first-order valence-electron chi connectivity index (χ1n) is 21.0. The Labute approximate surface area is 358 Å². The summed E-state index contributed by atoms with van der Waals surface area (Å²) >= 11 is 0. The van der Waals surface area contributed by atoms with Crippen LogP contribution in [0.4, 0.5) is 0 Å². The second-order valence-corrected chi connectivity index (χ2v) is 15.6. The molecule has 0 radical (unpaired) electrons. The number of aromatic nitrogens is 5. The number of para-hydroxylation sites is 3. The van der Waals surface area contributed by atoms with Crippen LogP contribution >= 0.6 is 0 Å². The fourth-order valence-electron chi connectivity index (χ4n) is 9.12. The van der Waals surface area contributed by atoms with Crippen molar-refractivity contribution in [2.75, 3.05) is 0 Å². The minimum atomic E-state index is 0.563. The molecule has 3 heterocycles. The lowest BCUT2D eigenvalue weighted by molar-refractivity contribution is 0.953. The molecule has 0 amide bonds. The first kappa shape index (κ1) is 35.5. The maximum absolute atomic E-state index is 5.35. The lowest BCUT2D eigenvalue weighted by Crippen LogP contribution is -2.07. The minimum Gasteiger partial charge on any atom is -0.307 e. The third-order valence-corrected chi connectivity index (χ3v) is 12.0. The van der Waals surface area contributed by atoms with Crippen molar-refractivity contribution in [2.24, 2.45) is 0 Å². The van der Waals surface area contributed by atoms with E-state index in [0.29, 0.717) is 17.6 Å². The molecular formula is C57H37N5. The van der Waals surface area contributed by atoms with Gasteiger partial charge in [-0.3, -0.25) is 4.57 Å². The highest BCUT2D eigenvalue weighted by Gasteiger charge is 2.23. The van der Waals surface area contributed by atoms with Gasteiger partial charge in [0.2, 0.25) is 5.95 Å². The smallest absolute Gasteiger partial charge is 0.238 e. The van der Waals surface area contributed by atoms with Gasteiger partial charge in [0.1, 0.15) is 0 Å². The Morgan fingerprint density at radius 3 is 1.21 bits per heavy atom. The summed E-state index contributed by atoms with van der Waals surface area (Å²) < 4.78 is 4.63. The Kier molecular flexibility index (Phi) is 8.42. The number of fused-ring (bicyclic) bond motifs is 7. The molecule has 0 atom stereocenters. The highest BCUT2D eigenvalue weighted by Crippen LogP contribution is 2.42. The first-order chi connectivity index (χ1) is 30.8. The molecule has 0 unspecified atom stereocenters. The van der Waals surface area contributed by atoms with E-state index in [0.717, 1.165) is 60.8 Å². The summed E-state index contributed by atoms with van der Waals surface area (Å²) in [5.41, 5.74) is 14.3. The Bertz CT molecular complexity index is 3590. The van der Waals surface area contributed by atoms with Crippen molar-refractivity contribution < 1.29 is 0 Å². The van der Waals surface area contributed by atoms with Gasteiger partial charge in [-0.15, -0.1) is 0 Å². The van der Waals surface area contributed by atoms with Crippen LogP contribution in [0.5, 0.6) is 0 Å². The molecule has 0 fully saturated rings. The van der Waals surface area contributed by atoms with Gasteiger partial charge in [-0.25, -0.2) is 4.98 Å². The highest BCUT2D eigenvalue weighted by molar-refractivity contribution is 6.23. The lowest BCUT2D eigenvalue weighted by atomic mass is 9.93. The number of benzene rings is 9. The van der Waals surface area contributed by atoms with E-state index < -0.39 is 0 Å². The topological polar surface area (TPSA) is 48.5 Å². The van der Waals surface area contributed by atoms with Gasteiger partial charge in [-0.2, -0.15) is 9.97 Å². The first-order valence-corrected chi connectivity index (χ1v) is 21.0. The van der Waals surface area contributed by atoms with Crippen LogP contribution in [0.25, 0.3) is 111 Å². The maximum atomic E-state index is 5.35. The van der Waals surface area contributed by atoms with Gasteiger partial charge in [-0.1, -0.05) is 200 Å². The number of hydrogen-bond donors (Lipinski definition) is 0. The van der Waals surface area contributed by atoms with Crippen LogP contribution in [-0.2, 0) is 0 Å². The van der Waals surface area contributed by atoms with Crippen molar-refractivity contribution >= 4 is 43.6 Å². The van der Waals surface area contributed by atoms with Gasteiger partial charge in [0.15, 0.2) is 11.6 Å². The number of hydrogen-bond acceptors (Lipinski definition) is 3. The van der Waals surface area contributed by atoms with E-state index in [9.17, 15) is 0 Å². The van der Waals surface area contributed by atoms with Crippen LogP contribution in [0, 0.1) is 0 Å². The fourth-order valence-corrected chi connectivity index (χ4v) is 9.12. The van der Waals surface area contributed by atoms with Crippen molar-refractivity contribution in [2.45, 2.75) is 0 Å². The van der Waals surface area contributed by atoms with Gasteiger partial charge in [0.25, 0.3) is 0 Å². The minimum absolute atomic E-state index is 0.563. The molecule has 0 N–H and O–H groups in total. The van der Waals surface area contributed by atoms with E-state index in [1.165, 1.54) is 33.0 Å². The molecule has 0 bridgehead atoms. The molecule has 0 saturated heterocycles. The van der Waals surface area contributed by atoms with E-state index in [1.807, 2.05) is 18.2 Å². The van der Waals surface area contributed by atoms with Gasteiger partial charge in [-0.05, 0) is 57.6 Å². The van der Waals surface area contributed by atoms with E-state index in [4.69, 9.17) is 15.0 Å². The molecular weight excluding hydrogens is 755 g/mol. The molecule has 3 aromatic heterocycles. The van der Waals surface area contributed by atoms with Crippen LogP contribution in [0.1, 0.15) is 0 Å². The number of nitrogens with zero attached hydrogens (tertiary/aromatic N) is 5. The SMILES string of the molecule is c1ccc(-c2nc(-c3ccc(-c4ccc(-c5ccccc5-c5ccccc5)cc4)cc3)nc(-n3c4ccccc4c4ccc5c6ccccc6n(-c6ccccc6)c5c43)n2)cc1. The molecule has 0 aliphatic heterocycles. The third kappa shape index (κ3) is 5.90. The summed E-state index contributed by atoms with van der Waals surface area (Å²) in [6, 6.07) is 79.2. The molecule has 12 rings (SSSR count). The summed E-state index contributed by atoms with van der Waals surface area (Å²) in [6.07, 6.45) is 0. The van der Waals surface area contributed by atoms with Crippen LogP contribution in [-0.4, -0.2) is 24.1 Å². The Morgan fingerprint density at radius 2 is 0.645 bits per heavy atom. The van der Waals surface area contributed by atoms with Crippen molar-refractivity contribution in [3.05, 3.63) is 224 Å². The molecule has 0 spiro atoms. The predicted octanol–water partition coefficient (Wildman–Crippen LogP) is 14.4. The molecule has 5 heteroatoms. The van der Waals surface area contributed by atoms with Crippen molar-refractivity contribution in [3.8, 4) is 67.8 Å². The average Bonchev–Trinajstić information content (AvgIpc) is 3.88. The van der Waals surface area contributed by atoms with E-state index in [2.05, 4.69) is 215 Å². The average molecular weight is 792 g/mol. The summed E-state index contributed by atoms with van der Waals surface area (Å²) in [4.78, 5) is 15.8. The van der Waals surface area contributed by atoms with Crippen LogP contribution < -0.4 is 0 Å². The van der Waals surface area contributed by atoms with Crippen molar-refractivity contribution in [1.82, 2.24) is 24.1 Å². The van der Waals surface area contributed by atoms with Crippen LogP contribution in [0.2, 0.25) is 0 Å². The predicted molar refractivity (Wildman–Crippen MR) is 256 cm³/mol. The molecule has 0 aliphatic carbocycles. The summed E-state index contributed by atoms with van der Waals surface area (Å²) in [5, 5.41) is 4.63. The third-order valence-electron chi connectivity index (χ3n) is 12.0. The molecule has 12 aromatic rings. The zero-order valence-electron chi connectivity index (χ0n) is 33.6. The fraction of sp³-hybridized carbons (Fsp3) is 0. The molecule has 290 valence electrons. The molecule has 5 nitrogen and oxygen atoms in total. The largest absolute Gasteiger partial charge is 0.307 e. The Balaban J connectivity index is 1.02. The zero-order chi connectivity index (χ0) is 41.0. The second kappa shape index (κ2) is 14.7. The lowest BCUT2D eigenvalue weighted by Gasteiger charge is -2.13. The van der Waals surface area contributed by atoms with Gasteiger partial charge in [0.05, 0.1) is 22.1 Å². The van der Waals surface area contributed by atoms with E-state index >= 15 is 0 Å². The molecule has 62 heavy (non-hydrogen) atoms. The second-order valence-electron chi connectivity index (χ2n) is 15.6. The molecule has 0 aliphatic rings. The highest BCUT2D eigenvalue weighted by atomic mass is 15.2. The summed E-state index contributed by atoms with van der Waals surface area (Å²) in [7, 11) is 0. The summed E-state index contributed by atoms with van der Waals surface area (Å²) in [6.45, 7) is 0. The Morgan fingerprint density at radius 1 is 0.258 bits per heavy atom. The van der Waals surface area contributed by atoms with Crippen molar-refractivity contribution in [3.63, 3.8) is 0 Å². The molecule has 0 saturated carbocycles. The standard InChI is InChI=1S/C57H37N5/c1-4-16-40(17-5-1)45-22-10-11-23-46(45)41-32-28-38(29-33-41)39-30-34-43(35-31-39)56-58-55(42-18-6-2-7-19-42)59-57(60-56)62-52-27-15-13-25-48(52)50-37-36-49-47-24-12-14-26-51(47)61(53(49)54(50)62)44-20-8-3-9-21-44/h1-37H. The summed E-state index contributed by atoms with van der Waals surface area (Å²) in [5.74, 6) is 1.78. The van der Waals surface area contributed by atoms with Crippen molar-refractivity contribution in [1.29, 1.82) is 0 Å². The van der Waals surface area contributed by atoms with E-state index in [-0.39, 0.29) is 0 Å². The maximum Gasteiger partial charge on any atom is 0.238 e. The molecule has 9 aromatic carbocycles. The quantitative estimate of drug-likeness (QED) is 0.162. The zero-order valence-corrected chi connectivity index (χ0v) is 33.6. The monoisotopic (exact) mass is 791 g/mol. The number of rotatable bonds is 7. The van der Waals surface area contributed by atoms with Gasteiger partial charge in [0, 0.05) is 38.4 Å².